The third-order valence-corrected chi connectivity index (χ3v) is 5.41. The fraction of sp³-hybridized carbons (Fsp3) is 0.588. The molecule has 4 nitrogen and oxygen atoms in total. The van der Waals surface area contributed by atoms with Gasteiger partial charge in [-0.1, -0.05) is 30.3 Å². The predicted octanol–water partition coefficient (Wildman–Crippen LogP) is 2.03. The first-order valence-corrected chi connectivity index (χ1v) is 7.75. The molecule has 0 radical (unpaired) electrons. The molecule has 2 aliphatic heterocycles. The Bertz CT molecular complexity index is 498. The molecular weight excluding hydrogens is 266 g/mol. The van der Waals surface area contributed by atoms with E-state index in [0.29, 0.717) is 17.6 Å². The van der Waals surface area contributed by atoms with Gasteiger partial charge in [0.2, 0.25) is 0 Å². The zero-order valence-corrected chi connectivity index (χ0v) is 12.7. The quantitative estimate of drug-likeness (QED) is 0.684. The smallest absolute Gasteiger partial charge is 0.339 e. The average Bonchev–Trinajstić information content (AvgIpc) is 2.67. The lowest BCUT2D eigenvalue weighted by molar-refractivity contribution is -0.931. The maximum Gasteiger partial charge on any atom is 0.339 e. The highest BCUT2D eigenvalue weighted by molar-refractivity contribution is 5.76. The van der Waals surface area contributed by atoms with E-state index in [1.807, 2.05) is 18.2 Å². The summed E-state index contributed by atoms with van der Waals surface area (Å²) in [7, 11) is 4.55. The van der Waals surface area contributed by atoms with Crippen LogP contribution in [0.3, 0.4) is 0 Å². The van der Waals surface area contributed by atoms with Crippen LogP contribution in [0.15, 0.2) is 30.3 Å². The van der Waals surface area contributed by atoms with Gasteiger partial charge >= 0.3 is 5.97 Å². The third kappa shape index (κ3) is 2.70. The Morgan fingerprint density at radius 1 is 1.19 bits per heavy atom. The van der Waals surface area contributed by atoms with Crippen LogP contribution in [0.2, 0.25) is 0 Å². The molecule has 2 bridgehead atoms. The van der Waals surface area contributed by atoms with Crippen LogP contribution in [0.4, 0.5) is 0 Å². The van der Waals surface area contributed by atoms with Gasteiger partial charge in [-0.2, -0.15) is 0 Å². The minimum absolute atomic E-state index is 0.0421. The van der Waals surface area contributed by atoms with E-state index in [2.05, 4.69) is 14.1 Å². The van der Waals surface area contributed by atoms with Crippen LogP contribution >= 0.6 is 0 Å². The first kappa shape index (κ1) is 14.5. The van der Waals surface area contributed by atoms with Crippen LogP contribution in [0.25, 0.3) is 0 Å². The molecule has 2 heterocycles. The highest BCUT2D eigenvalue weighted by Crippen LogP contribution is 2.40. The van der Waals surface area contributed by atoms with Gasteiger partial charge in [-0.15, -0.1) is 0 Å². The van der Waals surface area contributed by atoms with Crippen molar-refractivity contribution in [1.29, 1.82) is 0 Å². The van der Waals surface area contributed by atoms with Gasteiger partial charge in [-0.05, 0) is 5.56 Å². The fourth-order valence-electron chi connectivity index (χ4n) is 3.93. The van der Waals surface area contributed by atoms with Crippen molar-refractivity contribution in [2.45, 2.75) is 50.0 Å². The fourth-order valence-corrected chi connectivity index (χ4v) is 3.93. The first-order valence-electron chi connectivity index (χ1n) is 7.75. The Morgan fingerprint density at radius 3 is 2.33 bits per heavy atom. The maximum atomic E-state index is 12.1. The molecule has 1 N–H and O–H groups in total. The summed E-state index contributed by atoms with van der Waals surface area (Å²) in [4.78, 5) is 12.1. The number of quaternary nitrogens is 1. The number of aliphatic hydroxyl groups is 1. The molecule has 0 spiro atoms. The molecule has 1 aromatic carbocycles. The zero-order chi connectivity index (χ0) is 15.0. The Morgan fingerprint density at radius 2 is 1.76 bits per heavy atom. The van der Waals surface area contributed by atoms with Crippen molar-refractivity contribution in [1.82, 2.24) is 0 Å². The van der Waals surface area contributed by atoms with E-state index < -0.39 is 12.1 Å². The first-order chi connectivity index (χ1) is 9.98. The molecule has 0 saturated carbocycles. The summed E-state index contributed by atoms with van der Waals surface area (Å²) >= 11 is 0. The number of piperidine rings is 1. The van der Waals surface area contributed by atoms with E-state index in [1.54, 1.807) is 12.1 Å². The molecule has 114 valence electrons. The molecule has 4 atom stereocenters. The van der Waals surface area contributed by atoms with Crippen molar-refractivity contribution in [2.24, 2.45) is 0 Å². The van der Waals surface area contributed by atoms with Crippen molar-refractivity contribution in [3.63, 3.8) is 0 Å². The number of fused-ring (bicyclic) bond motifs is 2. The number of carbonyl (C=O) groups excluding carboxylic acids is 1. The Kier molecular flexibility index (Phi) is 3.76. The Labute approximate surface area is 125 Å². The van der Waals surface area contributed by atoms with Crippen molar-refractivity contribution in [3.05, 3.63) is 35.9 Å². The lowest BCUT2D eigenvalue weighted by Gasteiger charge is -2.43. The molecule has 1 unspecified atom stereocenters. The van der Waals surface area contributed by atoms with E-state index in [1.165, 1.54) is 12.8 Å². The average molecular weight is 290 g/mol. The van der Waals surface area contributed by atoms with Crippen molar-refractivity contribution >= 4 is 5.97 Å². The molecule has 2 saturated heterocycles. The molecule has 21 heavy (non-hydrogen) atoms. The Balaban J connectivity index is 1.62. The molecule has 0 aliphatic carbocycles. The molecule has 3 rings (SSSR count). The monoisotopic (exact) mass is 290 g/mol. The van der Waals surface area contributed by atoms with E-state index in [0.717, 1.165) is 17.3 Å². The summed E-state index contributed by atoms with van der Waals surface area (Å²) < 4.78 is 6.63. The lowest BCUT2D eigenvalue weighted by Crippen LogP contribution is -2.56. The van der Waals surface area contributed by atoms with Crippen LogP contribution in [0, 0.1) is 0 Å². The molecule has 1 aromatic rings. The zero-order valence-electron chi connectivity index (χ0n) is 12.7. The van der Waals surface area contributed by atoms with Crippen molar-refractivity contribution in [3.8, 4) is 0 Å². The lowest BCUT2D eigenvalue weighted by atomic mass is 9.97. The topological polar surface area (TPSA) is 46.5 Å². The number of rotatable bonds is 3. The number of nitrogens with zero attached hydrogens (tertiary/aromatic N) is 1. The molecule has 0 amide bonds. The summed E-state index contributed by atoms with van der Waals surface area (Å²) in [5, 5.41) is 10.1. The number of ether oxygens (including phenoxy) is 1. The number of aliphatic hydroxyl groups excluding tert-OH is 1. The summed E-state index contributed by atoms with van der Waals surface area (Å²) in [5.41, 5.74) is 0.595. The number of hydrogen-bond acceptors (Lipinski definition) is 3. The molecular formula is C17H24NO3+. The van der Waals surface area contributed by atoms with Gasteiger partial charge in [0, 0.05) is 25.7 Å². The SMILES string of the molecule is C[N+]1(C)[C@@H]2CC[C@H]1CC(OC(=O)[C@H](O)c1ccccc1)C2. The third-order valence-electron chi connectivity index (χ3n) is 5.41. The largest absolute Gasteiger partial charge is 0.460 e. The van der Waals surface area contributed by atoms with Crippen LogP contribution in [-0.4, -0.2) is 47.8 Å². The van der Waals surface area contributed by atoms with E-state index in [4.69, 9.17) is 4.74 Å². The van der Waals surface area contributed by atoms with E-state index in [9.17, 15) is 9.90 Å². The van der Waals surface area contributed by atoms with Gasteiger partial charge in [-0.25, -0.2) is 4.79 Å². The Hall–Kier alpha value is -1.39. The number of benzene rings is 1. The molecule has 0 aromatic heterocycles. The van der Waals surface area contributed by atoms with Crippen molar-refractivity contribution < 1.29 is 19.1 Å². The van der Waals surface area contributed by atoms with Gasteiger partial charge in [-0.3, -0.25) is 0 Å². The summed E-state index contributed by atoms with van der Waals surface area (Å²) in [6.45, 7) is 0. The van der Waals surface area contributed by atoms with Crippen molar-refractivity contribution in [2.75, 3.05) is 14.1 Å². The standard InChI is InChI=1S/C17H24NO3/c1-18(2)13-8-9-14(18)11-15(10-13)21-17(20)16(19)12-6-4-3-5-7-12/h3-7,13-16,19H,8-11H2,1-2H3/q+1/t13-,14+,15?,16-/m1/s1. The van der Waals surface area contributed by atoms with Crippen LogP contribution in [0.1, 0.15) is 37.4 Å². The number of carbonyl (C=O) groups is 1. The van der Waals surface area contributed by atoms with Gasteiger partial charge in [0.1, 0.15) is 6.10 Å². The maximum absolute atomic E-state index is 12.1. The highest BCUT2D eigenvalue weighted by atomic mass is 16.6. The summed E-state index contributed by atoms with van der Waals surface area (Å²) in [6, 6.07) is 10.1. The van der Waals surface area contributed by atoms with Gasteiger partial charge < -0.3 is 14.3 Å². The minimum atomic E-state index is -1.17. The second-order valence-electron chi connectivity index (χ2n) is 6.86. The second kappa shape index (κ2) is 5.43. The van der Waals surface area contributed by atoms with Crippen LogP contribution in [0.5, 0.6) is 0 Å². The van der Waals surface area contributed by atoms with Gasteiger partial charge in [0.15, 0.2) is 6.10 Å². The van der Waals surface area contributed by atoms with Gasteiger partial charge in [0.25, 0.3) is 0 Å². The summed E-state index contributed by atoms with van der Waals surface area (Å²) in [5.74, 6) is -0.516. The summed E-state index contributed by atoms with van der Waals surface area (Å²) in [6.07, 6.45) is 3.04. The van der Waals surface area contributed by atoms with Gasteiger partial charge in [0.05, 0.1) is 26.2 Å². The van der Waals surface area contributed by atoms with Crippen LogP contribution < -0.4 is 0 Å². The number of hydrogen-bond donors (Lipinski definition) is 1. The number of esters is 1. The highest BCUT2D eigenvalue weighted by Gasteiger charge is 2.50. The predicted molar refractivity (Wildman–Crippen MR) is 79.4 cm³/mol. The second-order valence-corrected chi connectivity index (χ2v) is 6.86. The minimum Gasteiger partial charge on any atom is -0.460 e. The van der Waals surface area contributed by atoms with Crippen LogP contribution in [-0.2, 0) is 9.53 Å². The normalized spacial score (nSPS) is 31.7. The van der Waals surface area contributed by atoms with E-state index in [-0.39, 0.29) is 6.10 Å². The van der Waals surface area contributed by atoms with E-state index >= 15 is 0 Å². The molecule has 2 aliphatic rings. The molecule has 2 fully saturated rings. The molecule has 4 heteroatoms.